The minimum Gasteiger partial charge on any atom is -0.336 e. The molecule has 0 spiro atoms. The Labute approximate surface area is 166 Å². The van der Waals surface area contributed by atoms with Crippen molar-refractivity contribution in [3.63, 3.8) is 0 Å². The van der Waals surface area contributed by atoms with E-state index in [0.717, 1.165) is 39.0 Å². The third-order valence-electron chi connectivity index (χ3n) is 5.09. The molecular weight excluding hydrogens is 367 g/mol. The van der Waals surface area contributed by atoms with Crippen molar-refractivity contribution < 1.29 is 9.18 Å². The van der Waals surface area contributed by atoms with Gasteiger partial charge in [-0.2, -0.15) is 0 Å². The van der Waals surface area contributed by atoms with Crippen LogP contribution in [0.5, 0.6) is 0 Å². The second-order valence-electron chi connectivity index (χ2n) is 6.89. The van der Waals surface area contributed by atoms with Crippen LogP contribution in [0.1, 0.15) is 0 Å². The smallest absolute Gasteiger partial charge is 0.322 e. The number of aromatic nitrogens is 2. The predicted octanol–water partition coefficient (Wildman–Crippen LogP) is 4.63. The normalized spacial score (nSPS) is 13.7. The van der Waals surface area contributed by atoms with Crippen LogP contribution in [0.25, 0.3) is 33.3 Å². The zero-order chi connectivity index (χ0) is 19.8. The molecule has 5 rings (SSSR count). The Kier molecular flexibility index (Phi) is 4.17. The van der Waals surface area contributed by atoms with Crippen LogP contribution in [0.2, 0.25) is 0 Å². The fourth-order valence-electron chi connectivity index (χ4n) is 3.60. The van der Waals surface area contributed by atoms with E-state index >= 15 is 0 Å². The summed E-state index contributed by atoms with van der Waals surface area (Å²) in [7, 11) is 0. The molecular formula is C23H17FN4O. The average Bonchev–Trinajstić information content (AvgIpc) is 3.19. The van der Waals surface area contributed by atoms with E-state index in [1.54, 1.807) is 29.4 Å². The summed E-state index contributed by atoms with van der Waals surface area (Å²) in [5.41, 5.74) is 5.26. The molecule has 142 valence electrons. The quantitative estimate of drug-likeness (QED) is 0.560. The first-order chi connectivity index (χ1) is 14.2. The number of pyridine rings is 2. The van der Waals surface area contributed by atoms with Crippen molar-refractivity contribution in [1.29, 1.82) is 0 Å². The van der Waals surface area contributed by atoms with Gasteiger partial charge in [-0.15, -0.1) is 0 Å². The molecule has 1 aliphatic rings. The molecule has 0 saturated carbocycles. The molecule has 4 aromatic rings. The number of carbonyl (C=O) groups is 1. The van der Waals surface area contributed by atoms with Crippen molar-refractivity contribution >= 4 is 22.6 Å². The molecule has 2 amide bonds. The number of halogens is 1. The second kappa shape index (κ2) is 6.98. The van der Waals surface area contributed by atoms with Gasteiger partial charge in [0.15, 0.2) is 0 Å². The molecule has 0 unspecified atom stereocenters. The molecule has 0 radical (unpaired) electrons. The molecule has 3 heterocycles. The van der Waals surface area contributed by atoms with E-state index in [9.17, 15) is 9.18 Å². The third-order valence-corrected chi connectivity index (χ3v) is 5.09. The number of carbonyl (C=O) groups excluding carboxylic acids is 1. The van der Waals surface area contributed by atoms with Gasteiger partial charge in [0.25, 0.3) is 0 Å². The lowest BCUT2D eigenvalue weighted by molar-refractivity contribution is 0.252. The summed E-state index contributed by atoms with van der Waals surface area (Å²) >= 11 is 0. The number of rotatable bonds is 3. The highest BCUT2D eigenvalue weighted by Crippen LogP contribution is 2.32. The first kappa shape index (κ1) is 17.3. The van der Waals surface area contributed by atoms with Crippen LogP contribution in [0.4, 0.5) is 14.9 Å². The highest BCUT2D eigenvalue weighted by Gasteiger charge is 2.24. The standard InChI is InChI=1S/C23H17FN4O/c24-18-7-5-16(6-8-18)15-1-3-17(4-2-15)21-13-22(28-12-11-26-23(28)29)19-14-25-10-9-20(19)27-21/h1-10,13-14H,11-12H2,(H,26,29). The van der Waals surface area contributed by atoms with Gasteiger partial charge in [0, 0.05) is 36.4 Å². The lowest BCUT2D eigenvalue weighted by Gasteiger charge is -2.18. The number of hydrogen-bond acceptors (Lipinski definition) is 3. The lowest BCUT2D eigenvalue weighted by atomic mass is 10.0. The summed E-state index contributed by atoms with van der Waals surface area (Å²) in [6.45, 7) is 1.22. The van der Waals surface area contributed by atoms with Gasteiger partial charge in [0.1, 0.15) is 5.82 Å². The van der Waals surface area contributed by atoms with Gasteiger partial charge in [0.05, 0.1) is 16.9 Å². The maximum Gasteiger partial charge on any atom is 0.322 e. The zero-order valence-corrected chi connectivity index (χ0v) is 15.5. The third kappa shape index (κ3) is 3.18. The van der Waals surface area contributed by atoms with Crippen LogP contribution < -0.4 is 10.2 Å². The zero-order valence-electron chi connectivity index (χ0n) is 15.5. The molecule has 5 nitrogen and oxygen atoms in total. The van der Waals surface area contributed by atoms with Gasteiger partial charge in [-0.3, -0.25) is 9.88 Å². The highest BCUT2D eigenvalue weighted by molar-refractivity contribution is 6.04. The summed E-state index contributed by atoms with van der Waals surface area (Å²) in [5, 5.41) is 3.68. The molecule has 1 N–H and O–H groups in total. The van der Waals surface area contributed by atoms with Crippen LogP contribution in [0.3, 0.4) is 0 Å². The molecule has 1 saturated heterocycles. The lowest BCUT2D eigenvalue weighted by Crippen LogP contribution is -2.28. The summed E-state index contributed by atoms with van der Waals surface area (Å²) in [5.74, 6) is -0.251. The molecule has 1 aliphatic heterocycles. The summed E-state index contributed by atoms with van der Waals surface area (Å²) < 4.78 is 13.2. The summed E-state index contributed by atoms with van der Waals surface area (Å²) in [6.07, 6.45) is 3.44. The van der Waals surface area contributed by atoms with E-state index in [2.05, 4.69) is 10.3 Å². The first-order valence-corrected chi connectivity index (χ1v) is 9.35. The Bertz CT molecular complexity index is 1210. The number of hydrogen-bond donors (Lipinski definition) is 1. The Hall–Kier alpha value is -3.80. The SMILES string of the molecule is O=C1NCCN1c1cc(-c2ccc(-c3ccc(F)cc3)cc2)nc2ccncc12. The molecule has 0 atom stereocenters. The number of fused-ring (bicyclic) bond motifs is 1. The molecule has 2 aromatic carbocycles. The number of nitrogens with one attached hydrogen (secondary N) is 1. The molecule has 6 heteroatoms. The van der Waals surface area contributed by atoms with E-state index in [4.69, 9.17) is 4.98 Å². The monoisotopic (exact) mass is 384 g/mol. The van der Waals surface area contributed by atoms with Crippen LogP contribution >= 0.6 is 0 Å². The number of urea groups is 1. The van der Waals surface area contributed by atoms with Crippen molar-refractivity contribution in [2.24, 2.45) is 0 Å². The van der Waals surface area contributed by atoms with E-state index in [0.29, 0.717) is 13.1 Å². The summed E-state index contributed by atoms with van der Waals surface area (Å²) in [6, 6.07) is 18.1. The molecule has 29 heavy (non-hydrogen) atoms. The van der Waals surface area contributed by atoms with E-state index in [-0.39, 0.29) is 11.8 Å². The van der Waals surface area contributed by atoms with Crippen LogP contribution in [0, 0.1) is 5.82 Å². The van der Waals surface area contributed by atoms with Gasteiger partial charge in [-0.25, -0.2) is 14.2 Å². The number of amides is 2. The Morgan fingerprint density at radius 2 is 1.62 bits per heavy atom. The topological polar surface area (TPSA) is 58.1 Å². The first-order valence-electron chi connectivity index (χ1n) is 9.35. The molecule has 2 aromatic heterocycles. The minimum absolute atomic E-state index is 0.112. The number of nitrogens with zero attached hydrogens (tertiary/aromatic N) is 3. The fraction of sp³-hybridized carbons (Fsp3) is 0.0870. The van der Waals surface area contributed by atoms with Crippen molar-refractivity contribution in [1.82, 2.24) is 15.3 Å². The van der Waals surface area contributed by atoms with Crippen LogP contribution in [0.15, 0.2) is 73.1 Å². The number of anilines is 1. The number of benzene rings is 2. The van der Waals surface area contributed by atoms with Crippen molar-refractivity contribution in [3.05, 3.63) is 78.9 Å². The van der Waals surface area contributed by atoms with Crippen molar-refractivity contribution in [2.45, 2.75) is 0 Å². The van der Waals surface area contributed by atoms with E-state index in [1.165, 1.54) is 12.1 Å². The highest BCUT2D eigenvalue weighted by atomic mass is 19.1. The van der Waals surface area contributed by atoms with Crippen molar-refractivity contribution in [3.8, 4) is 22.4 Å². The van der Waals surface area contributed by atoms with Gasteiger partial charge in [0.2, 0.25) is 0 Å². The fourth-order valence-corrected chi connectivity index (χ4v) is 3.60. The van der Waals surface area contributed by atoms with Crippen molar-refractivity contribution in [2.75, 3.05) is 18.0 Å². The predicted molar refractivity (Wildman–Crippen MR) is 111 cm³/mol. The van der Waals surface area contributed by atoms with Crippen LogP contribution in [-0.2, 0) is 0 Å². The second-order valence-corrected chi connectivity index (χ2v) is 6.89. The molecule has 1 fully saturated rings. The average molecular weight is 384 g/mol. The maximum absolute atomic E-state index is 13.2. The molecule has 0 aliphatic carbocycles. The maximum atomic E-state index is 13.2. The van der Waals surface area contributed by atoms with E-state index in [1.807, 2.05) is 36.4 Å². The van der Waals surface area contributed by atoms with E-state index < -0.39 is 0 Å². The Balaban J connectivity index is 1.58. The minimum atomic E-state index is -0.251. The van der Waals surface area contributed by atoms with Gasteiger partial charge in [-0.1, -0.05) is 36.4 Å². The van der Waals surface area contributed by atoms with Crippen LogP contribution in [-0.4, -0.2) is 29.1 Å². The molecule has 0 bridgehead atoms. The largest absolute Gasteiger partial charge is 0.336 e. The Morgan fingerprint density at radius 1 is 0.931 bits per heavy atom. The van der Waals surface area contributed by atoms with Gasteiger partial charge >= 0.3 is 6.03 Å². The Morgan fingerprint density at radius 3 is 2.31 bits per heavy atom. The summed E-state index contributed by atoms with van der Waals surface area (Å²) in [4.78, 5) is 22.9. The van der Waals surface area contributed by atoms with Gasteiger partial charge < -0.3 is 5.32 Å². The van der Waals surface area contributed by atoms with Gasteiger partial charge in [-0.05, 0) is 35.4 Å².